The van der Waals surface area contributed by atoms with Crippen molar-refractivity contribution < 1.29 is 32.9 Å². The summed E-state index contributed by atoms with van der Waals surface area (Å²) >= 11 is 0. The molecule has 0 unspecified atom stereocenters. The SMILES string of the molecule is CC(C)C[C@H](CC(=O)[C@H](Cc1ccccc1)NC(=O)c1cnccn1)[B-]12OC(=O)[C@@H]3CNC[C@@H](C(=O)O1)[N+]32C. The average Bonchev–Trinajstić information content (AvgIpc) is 3.28. The molecule has 4 atom stereocenters. The predicted molar refractivity (Wildman–Crippen MR) is 141 cm³/mol. The fourth-order valence-electron chi connectivity index (χ4n) is 6.63. The summed E-state index contributed by atoms with van der Waals surface area (Å²) in [5.74, 6) is -2.00. The number of Topliss-reactive ketones (excluding diaryl/α,β-unsaturated/α-hetero) is 1. The monoisotopic (exact) mass is 535 g/mol. The lowest BCUT2D eigenvalue weighted by Crippen LogP contribution is -2.74. The Bertz CT molecular complexity index is 1230. The van der Waals surface area contributed by atoms with E-state index >= 15 is 0 Å². The zero-order chi connectivity index (χ0) is 27.8. The van der Waals surface area contributed by atoms with Crippen LogP contribution < -0.4 is 10.6 Å². The Morgan fingerprint density at radius 1 is 1.10 bits per heavy atom. The zero-order valence-corrected chi connectivity index (χ0v) is 22.4. The van der Waals surface area contributed by atoms with Crippen LogP contribution in [0.5, 0.6) is 0 Å². The van der Waals surface area contributed by atoms with Gasteiger partial charge >= 0.3 is 18.6 Å². The van der Waals surface area contributed by atoms with E-state index in [9.17, 15) is 19.2 Å². The van der Waals surface area contributed by atoms with Gasteiger partial charge in [-0.2, -0.15) is 0 Å². The van der Waals surface area contributed by atoms with Gasteiger partial charge in [0.25, 0.3) is 5.91 Å². The van der Waals surface area contributed by atoms with Crippen molar-refractivity contribution in [1.82, 2.24) is 20.6 Å². The highest BCUT2D eigenvalue weighted by Crippen LogP contribution is 2.51. The molecule has 12 heteroatoms. The molecule has 3 saturated heterocycles. The number of likely N-dealkylation sites (N-methyl/N-ethyl adjacent to an activating group) is 1. The number of hydrogen-bond acceptors (Lipinski definition) is 9. The van der Waals surface area contributed by atoms with Crippen molar-refractivity contribution in [3.8, 4) is 0 Å². The summed E-state index contributed by atoms with van der Waals surface area (Å²) in [6.07, 6.45) is 4.96. The molecule has 1 amide bonds. The van der Waals surface area contributed by atoms with Crippen molar-refractivity contribution in [3.05, 3.63) is 60.2 Å². The number of benzene rings is 1. The number of quaternary nitrogens is 1. The first-order valence-electron chi connectivity index (χ1n) is 13.5. The first kappa shape index (κ1) is 27.0. The van der Waals surface area contributed by atoms with E-state index in [1.165, 1.54) is 18.6 Å². The molecule has 3 fully saturated rings. The van der Waals surface area contributed by atoms with Crippen LogP contribution in [-0.4, -0.2) is 82.9 Å². The molecule has 5 rings (SSSR count). The van der Waals surface area contributed by atoms with E-state index in [1.807, 2.05) is 51.2 Å². The molecule has 0 radical (unpaired) electrons. The van der Waals surface area contributed by atoms with Crippen molar-refractivity contribution in [3.63, 3.8) is 0 Å². The van der Waals surface area contributed by atoms with Crippen LogP contribution in [0.15, 0.2) is 48.9 Å². The van der Waals surface area contributed by atoms with Crippen molar-refractivity contribution in [2.45, 2.75) is 57.1 Å². The highest BCUT2D eigenvalue weighted by Gasteiger charge is 2.76. The van der Waals surface area contributed by atoms with E-state index in [0.717, 1.165) is 5.56 Å². The normalized spacial score (nSPS) is 28.8. The Labute approximate surface area is 227 Å². The number of carbonyl (C=O) groups is 4. The fourth-order valence-corrected chi connectivity index (χ4v) is 6.63. The van der Waals surface area contributed by atoms with E-state index in [4.69, 9.17) is 9.31 Å². The van der Waals surface area contributed by atoms with Gasteiger partial charge in [-0.3, -0.25) is 14.6 Å². The number of rotatable bonds is 10. The third kappa shape index (κ3) is 4.72. The van der Waals surface area contributed by atoms with Crippen molar-refractivity contribution in [2.24, 2.45) is 5.92 Å². The van der Waals surface area contributed by atoms with Crippen LogP contribution in [0.1, 0.15) is 42.7 Å². The van der Waals surface area contributed by atoms with Crippen molar-refractivity contribution >= 4 is 30.3 Å². The van der Waals surface area contributed by atoms with Gasteiger partial charge in [0.1, 0.15) is 5.69 Å². The number of nitrogens with one attached hydrogen (secondary N) is 2. The molecular weight excluding hydrogens is 501 g/mol. The van der Waals surface area contributed by atoms with Gasteiger partial charge in [-0.1, -0.05) is 50.6 Å². The molecule has 1 aromatic heterocycles. The van der Waals surface area contributed by atoms with Crippen LogP contribution in [0, 0.1) is 5.92 Å². The van der Waals surface area contributed by atoms with E-state index in [2.05, 4.69) is 20.6 Å². The lowest BCUT2D eigenvalue weighted by Gasteiger charge is -2.52. The quantitative estimate of drug-likeness (QED) is 0.428. The maximum Gasteiger partial charge on any atom is 0.587 e. The molecule has 11 nitrogen and oxygen atoms in total. The molecule has 0 bridgehead atoms. The summed E-state index contributed by atoms with van der Waals surface area (Å²) in [7, 11) is 1.85. The molecule has 39 heavy (non-hydrogen) atoms. The maximum atomic E-state index is 14.0. The minimum Gasteiger partial charge on any atom is -0.600 e. The minimum absolute atomic E-state index is 0.0301. The molecular formula is C27H34BN5O6. The molecule has 206 valence electrons. The lowest BCUT2D eigenvalue weighted by molar-refractivity contribution is -0.846. The Morgan fingerprint density at radius 3 is 2.36 bits per heavy atom. The summed E-state index contributed by atoms with van der Waals surface area (Å²) < 4.78 is 12.1. The number of piperazine rings is 1. The van der Waals surface area contributed by atoms with Gasteiger partial charge < -0.3 is 24.3 Å². The van der Waals surface area contributed by atoms with Gasteiger partial charge in [0.15, 0.2) is 17.9 Å². The van der Waals surface area contributed by atoms with Crippen LogP contribution >= 0.6 is 0 Å². The van der Waals surface area contributed by atoms with Crippen LogP contribution in [0.25, 0.3) is 0 Å². The first-order chi connectivity index (χ1) is 18.7. The summed E-state index contributed by atoms with van der Waals surface area (Å²) in [6.45, 7) is 2.28. The van der Waals surface area contributed by atoms with Gasteiger partial charge in [-0.05, 0) is 30.1 Å². The Balaban J connectivity index is 1.46. The third-order valence-corrected chi connectivity index (χ3v) is 8.51. The smallest absolute Gasteiger partial charge is 0.587 e. The van der Waals surface area contributed by atoms with Crippen molar-refractivity contribution in [2.75, 3.05) is 20.1 Å². The van der Waals surface area contributed by atoms with Gasteiger partial charge in [-0.25, -0.2) is 14.6 Å². The molecule has 2 N–H and O–H groups in total. The Kier molecular flexibility index (Phi) is 7.26. The van der Waals surface area contributed by atoms with Crippen LogP contribution in [0.4, 0.5) is 0 Å². The topological polar surface area (TPSA) is 137 Å². The molecule has 4 heterocycles. The van der Waals surface area contributed by atoms with Crippen LogP contribution in [-0.2, 0) is 30.1 Å². The number of nitrogens with zero attached hydrogens (tertiary/aromatic N) is 3. The van der Waals surface area contributed by atoms with Crippen LogP contribution in [0.2, 0.25) is 5.82 Å². The molecule has 2 aromatic rings. The molecule has 3 aliphatic heterocycles. The molecule has 0 saturated carbocycles. The van der Waals surface area contributed by atoms with Gasteiger partial charge in [0, 0.05) is 19.4 Å². The van der Waals surface area contributed by atoms with Crippen LogP contribution in [0.3, 0.4) is 0 Å². The number of ketones is 1. The third-order valence-electron chi connectivity index (χ3n) is 8.51. The number of hydrogen-bond donors (Lipinski definition) is 2. The number of amides is 1. The second-order valence-electron chi connectivity index (χ2n) is 11.4. The number of aromatic nitrogens is 2. The molecule has 0 spiro atoms. The molecule has 3 aliphatic rings. The average molecular weight is 535 g/mol. The largest absolute Gasteiger partial charge is 0.600 e. The van der Waals surface area contributed by atoms with E-state index in [1.54, 1.807) is 0 Å². The minimum atomic E-state index is -2.50. The van der Waals surface area contributed by atoms with E-state index < -0.39 is 48.5 Å². The first-order valence-corrected chi connectivity index (χ1v) is 13.5. The second kappa shape index (κ2) is 10.5. The van der Waals surface area contributed by atoms with E-state index in [-0.39, 0.29) is 34.6 Å². The van der Waals surface area contributed by atoms with Gasteiger partial charge in [0.2, 0.25) is 0 Å². The molecule has 0 aliphatic carbocycles. The van der Waals surface area contributed by atoms with Crippen molar-refractivity contribution in [1.29, 1.82) is 0 Å². The van der Waals surface area contributed by atoms with Gasteiger partial charge in [0.05, 0.1) is 25.3 Å². The van der Waals surface area contributed by atoms with E-state index in [0.29, 0.717) is 19.5 Å². The summed E-state index contributed by atoms with van der Waals surface area (Å²) in [6, 6.07) is 7.36. The second-order valence-corrected chi connectivity index (χ2v) is 11.4. The molecule has 1 aromatic carbocycles. The summed E-state index contributed by atoms with van der Waals surface area (Å²) in [4.78, 5) is 61.2. The summed E-state index contributed by atoms with van der Waals surface area (Å²) in [5.41, 5.74) is 0.976. The Hall–Kier alpha value is -3.64. The highest BCUT2D eigenvalue weighted by molar-refractivity contribution is 6.68. The van der Waals surface area contributed by atoms with Gasteiger partial charge in [-0.15, -0.1) is 0 Å². The lowest BCUT2D eigenvalue weighted by atomic mass is 9.51. The zero-order valence-electron chi connectivity index (χ0n) is 22.4. The predicted octanol–water partition coefficient (Wildman–Crippen LogP) is 1.03. The number of carbonyl (C=O) groups excluding carboxylic acids is 4. The Morgan fingerprint density at radius 2 is 1.77 bits per heavy atom. The summed E-state index contributed by atoms with van der Waals surface area (Å²) in [5, 5.41) is 6.00. The standard InChI is InChI=1S/C27H34BN5O6/c1-17(2)11-19(28-33(3)22(26(36)38-28)15-30-16-23(33)27(37)39-28)13-24(34)20(12-18-7-5-4-6-8-18)32-25(35)21-14-29-9-10-31-21/h4-10,14,17,19-20,22-23,30H,11-13,15-16H2,1-3H3,(H,32,35)/t19-,20+,22+,23+,28?,33?/m1/s1. The maximum absolute atomic E-state index is 14.0. The fraction of sp³-hybridized carbons (Fsp3) is 0.481. The highest BCUT2D eigenvalue weighted by atomic mass is 16.7.